The highest BCUT2D eigenvalue weighted by Gasteiger charge is 2.34. The van der Waals surface area contributed by atoms with Crippen molar-refractivity contribution >= 4 is 35.6 Å². The molecule has 0 fully saturated rings. The van der Waals surface area contributed by atoms with Gasteiger partial charge in [0.1, 0.15) is 0 Å². The Kier molecular flexibility index (Phi) is 7.65. The van der Waals surface area contributed by atoms with Crippen molar-refractivity contribution in [3.05, 3.63) is 91.0 Å². The van der Waals surface area contributed by atoms with Crippen molar-refractivity contribution in [2.75, 3.05) is 13.0 Å². The van der Waals surface area contributed by atoms with Crippen LogP contribution in [-0.2, 0) is 4.74 Å². The van der Waals surface area contributed by atoms with Crippen LogP contribution in [0.2, 0.25) is 0 Å². The van der Waals surface area contributed by atoms with E-state index in [1.807, 2.05) is 0 Å². The van der Waals surface area contributed by atoms with Gasteiger partial charge in [-0.2, -0.15) is 0 Å². The molecule has 0 spiro atoms. The van der Waals surface area contributed by atoms with Crippen LogP contribution in [0.15, 0.2) is 91.0 Å². The van der Waals surface area contributed by atoms with Crippen LogP contribution in [-0.4, -0.2) is 13.0 Å². The van der Waals surface area contributed by atoms with E-state index in [2.05, 4.69) is 97.9 Å². The molecular formula is C22H25ClOP. The Morgan fingerprint density at radius 3 is 1.32 bits per heavy atom. The van der Waals surface area contributed by atoms with Gasteiger partial charge in [0.2, 0.25) is 0 Å². The highest BCUT2D eigenvalue weighted by atomic mass is 35.5. The average molecular weight is 372 g/mol. The maximum absolute atomic E-state index is 6.16. The number of hydrogen-bond donors (Lipinski definition) is 0. The molecule has 0 atom stereocenters. The number of ether oxygens (including phenoxy) is 1. The van der Waals surface area contributed by atoms with E-state index in [-0.39, 0.29) is 12.4 Å². The minimum atomic E-state index is -1.81. The first-order valence-corrected chi connectivity index (χ1v) is 10.5. The molecule has 0 saturated carbocycles. The van der Waals surface area contributed by atoms with E-state index in [1.165, 1.54) is 15.9 Å². The lowest BCUT2D eigenvalue weighted by Gasteiger charge is -2.38. The Morgan fingerprint density at radius 1 is 0.640 bits per heavy atom. The molecule has 0 unspecified atom stereocenters. The van der Waals surface area contributed by atoms with E-state index in [0.717, 1.165) is 19.4 Å². The molecule has 0 heterocycles. The summed E-state index contributed by atoms with van der Waals surface area (Å²) in [5.41, 5.74) is 0. The predicted octanol–water partition coefficient (Wildman–Crippen LogP) is 4.79. The summed E-state index contributed by atoms with van der Waals surface area (Å²) >= 11 is 0. The van der Waals surface area contributed by atoms with E-state index in [4.69, 9.17) is 4.74 Å². The summed E-state index contributed by atoms with van der Waals surface area (Å²) in [5.74, 6) is 0. The second-order valence-electron chi connectivity index (χ2n) is 5.85. The summed E-state index contributed by atoms with van der Waals surface area (Å²) in [6.45, 7) is 2.96. The van der Waals surface area contributed by atoms with Gasteiger partial charge in [-0.05, 0) is 29.6 Å². The van der Waals surface area contributed by atoms with E-state index >= 15 is 0 Å². The Bertz CT molecular complexity index is 635. The summed E-state index contributed by atoms with van der Waals surface area (Å²) in [4.78, 5) is 0. The summed E-state index contributed by atoms with van der Waals surface area (Å²) in [5, 5.41) is 4.12. The highest BCUT2D eigenvalue weighted by Crippen LogP contribution is 2.55. The molecule has 3 rings (SSSR count). The lowest BCUT2D eigenvalue weighted by Crippen LogP contribution is -2.34. The van der Waals surface area contributed by atoms with Crippen molar-refractivity contribution in [1.29, 1.82) is 0 Å². The Labute approximate surface area is 157 Å². The zero-order valence-corrected chi connectivity index (χ0v) is 16.3. The minimum absolute atomic E-state index is 0. The Morgan fingerprint density at radius 2 is 1.00 bits per heavy atom. The minimum Gasteiger partial charge on any atom is -0.376 e. The summed E-state index contributed by atoms with van der Waals surface area (Å²) < 4.78 is 6.16. The average Bonchev–Trinajstić information content (AvgIpc) is 2.68. The Hall–Kier alpha value is -1.66. The van der Waals surface area contributed by atoms with Crippen LogP contribution < -0.4 is 15.9 Å². The van der Waals surface area contributed by atoms with Crippen molar-refractivity contribution in [2.24, 2.45) is 0 Å². The fourth-order valence-corrected chi connectivity index (χ4v) is 6.85. The van der Waals surface area contributed by atoms with Crippen LogP contribution in [0.25, 0.3) is 0 Å². The van der Waals surface area contributed by atoms with Gasteiger partial charge in [0.15, 0.2) is 0 Å². The zero-order chi connectivity index (χ0) is 16.7. The maximum Gasteiger partial charge on any atom is 0.0740 e. The molecule has 0 N–H and O–H groups in total. The smallest absolute Gasteiger partial charge is 0.0740 e. The molecule has 0 aromatic heterocycles. The molecule has 131 valence electrons. The van der Waals surface area contributed by atoms with Crippen molar-refractivity contribution in [2.45, 2.75) is 13.3 Å². The highest BCUT2D eigenvalue weighted by molar-refractivity contribution is 7.95. The number of benzene rings is 3. The lowest BCUT2D eigenvalue weighted by molar-refractivity contribution is 0.180. The van der Waals surface area contributed by atoms with Gasteiger partial charge in [-0.25, -0.2) is 0 Å². The fraction of sp³-hybridized carbons (Fsp3) is 0.182. The summed E-state index contributed by atoms with van der Waals surface area (Å²) in [6, 6.07) is 32.6. The third-order valence-corrected chi connectivity index (χ3v) is 8.33. The van der Waals surface area contributed by atoms with Gasteiger partial charge in [0.05, 0.1) is 6.35 Å². The van der Waals surface area contributed by atoms with Gasteiger partial charge in [0, 0.05) is 6.61 Å². The summed E-state index contributed by atoms with van der Waals surface area (Å²) in [6.07, 6.45) is 1.79. The standard InChI is InChI=1S/C22H24OP.ClH/c1-2-18-23-19-24(20-12-6-3-7-13-20,21-14-8-4-9-15-21)22-16-10-5-11-17-22;/h3-17H,2,18-19H2,1H3;1H. The molecule has 0 aliphatic carbocycles. The van der Waals surface area contributed by atoms with Gasteiger partial charge in [-0.1, -0.05) is 97.9 Å². The van der Waals surface area contributed by atoms with Crippen LogP contribution in [0, 0.1) is 0 Å². The molecule has 0 saturated heterocycles. The topological polar surface area (TPSA) is 9.23 Å². The van der Waals surface area contributed by atoms with Gasteiger partial charge in [0.25, 0.3) is 0 Å². The molecule has 0 bridgehead atoms. The molecule has 0 amide bonds. The monoisotopic (exact) mass is 371 g/mol. The van der Waals surface area contributed by atoms with Crippen LogP contribution in [0.4, 0.5) is 0 Å². The Balaban J connectivity index is 0.00000225. The molecule has 1 nitrogen and oxygen atoms in total. The van der Waals surface area contributed by atoms with Crippen molar-refractivity contribution < 1.29 is 4.74 Å². The molecule has 3 heteroatoms. The van der Waals surface area contributed by atoms with Gasteiger partial charge >= 0.3 is 0 Å². The van der Waals surface area contributed by atoms with Crippen molar-refractivity contribution in [3.63, 3.8) is 0 Å². The first-order chi connectivity index (χ1) is 11.9. The van der Waals surface area contributed by atoms with Crippen LogP contribution in [0.5, 0.6) is 0 Å². The van der Waals surface area contributed by atoms with Gasteiger partial charge < -0.3 is 4.74 Å². The number of rotatable bonds is 7. The quantitative estimate of drug-likeness (QED) is 0.428. The SMILES string of the molecule is CCCOC[P](c1ccccc1)(c1ccccc1)c1ccccc1.Cl. The molecule has 0 aliphatic rings. The third kappa shape index (κ3) is 4.30. The molecular weight excluding hydrogens is 347 g/mol. The number of halogens is 1. The van der Waals surface area contributed by atoms with Crippen LogP contribution >= 0.6 is 19.7 Å². The van der Waals surface area contributed by atoms with Crippen molar-refractivity contribution in [3.8, 4) is 0 Å². The summed E-state index contributed by atoms with van der Waals surface area (Å²) in [7, 11) is -1.81. The molecule has 3 aromatic carbocycles. The van der Waals surface area contributed by atoms with Gasteiger partial charge in [-0.3, -0.25) is 0 Å². The molecule has 0 aliphatic heterocycles. The normalized spacial score (nSPS) is 10.9. The maximum atomic E-state index is 6.16. The first kappa shape index (κ1) is 19.7. The van der Waals surface area contributed by atoms with E-state index in [0.29, 0.717) is 0 Å². The van der Waals surface area contributed by atoms with Crippen LogP contribution in [0.3, 0.4) is 0 Å². The molecule has 25 heavy (non-hydrogen) atoms. The van der Waals surface area contributed by atoms with Crippen LogP contribution in [0.1, 0.15) is 13.3 Å². The molecule has 3 aromatic rings. The third-order valence-electron chi connectivity index (χ3n) is 4.22. The van der Waals surface area contributed by atoms with E-state index in [9.17, 15) is 0 Å². The van der Waals surface area contributed by atoms with E-state index in [1.54, 1.807) is 0 Å². The zero-order valence-electron chi connectivity index (χ0n) is 14.5. The predicted molar refractivity (Wildman–Crippen MR) is 114 cm³/mol. The second kappa shape index (κ2) is 9.73. The molecule has 1 radical (unpaired) electrons. The number of hydrogen-bond acceptors (Lipinski definition) is 1. The van der Waals surface area contributed by atoms with E-state index < -0.39 is 7.26 Å². The second-order valence-corrected chi connectivity index (χ2v) is 9.28. The largest absolute Gasteiger partial charge is 0.376 e. The van der Waals surface area contributed by atoms with Gasteiger partial charge in [-0.15, -0.1) is 12.4 Å². The first-order valence-electron chi connectivity index (χ1n) is 8.50. The lowest BCUT2D eigenvalue weighted by atomic mass is 10.4. The van der Waals surface area contributed by atoms with Crippen molar-refractivity contribution in [1.82, 2.24) is 0 Å². The fourth-order valence-electron chi connectivity index (χ4n) is 3.06.